The number of nitriles is 1. The monoisotopic (exact) mass is 553 g/mol. The zero-order chi connectivity index (χ0) is 28.8. The summed E-state index contributed by atoms with van der Waals surface area (Å²) in [5.41, 5.74) is -1.58. The molecule has 0 aromatic heterocycles. The molecule has 3 N–H and O–H groups in total. The Morgan fingerprint density at radius 1 is 1.08 bits per heavy atom. The number of rotatable bonds is 6. The lowest BCUT2D eigenvalue weighted by Gasteiger charge is -2.37. The third kappa shape index (κ3) is 6.33. The topological polar surface area (TPSA) is 131 Å². The lowest BCUT2D eigenvalue weighted by molar-refractivity contribution is -0.176. The highest BCUT2D eigenvalue weighted by Crippen LogP contribution is 2.48. The van der Waals surface area contributed by atoms with Gasteiger partial charge in [-0.2, -0.15) is 18.4 Å². The van der Waals surface area contributed by atoms with E-state index in [9.17, 15) is 37.6 Å². The van der Waals surface area contributed by atoms with E-state index >= 15 is 0 Å². The number of hydrogen-bond donors (Lipinski definition) is 3. The van der Waals surface area contributed by atoms with Crippen LogP contribution in [0.3, 0.4) is 0 Å². The van der Waals surface area contributed by atoms with E-state index in [1.807, 2.05) is 5.32 Å². The van der Waals surface area contributed by atoms with Gasteiger partial charge in [0.05, 0.1) is 6.07 Å². The molecule has 216 valence electrons. The minimum Gasteiger partial charge on any atom is -0.350 e. The van der Waals surface area contributed by atoms with E-state index in [1.54, 1.807) is 20.8 Å². The van der Waals surface area contributed by atoms with Gasteiger partial charge in [-0.1, -0.05) is 40.0 Å². The van der Waals surface area contributed by atoms with Crippen LogP contribution in [0, 0.1) is 28.1 Å². The van der Waals surface area contributed by atoms with Crippen molar-refractivity contribution in [2.24, 2.45) is 16.7 Å². The molecule has 2 spiro atoms. The molecule has 4 atom stereocenters. The fourth-order valence-corrected chi connectivity index (χ4v) is 6.56. The molecule has 4 aliphatic rings. The van der Waals surface area contributed by atoms with Gasteiger partial charge in [0, 0.05) is 18.0 Å². The number of halogens is 3. The van der Waals surface area contributed by atoms with Crippen molar-refractivity contribution < 1.29 is 32.3 Å². The Hall–Kier alpha value is -2.84. The van der Waals surface area contributed by atoms with Gasteiger partial charge in [0.25, 0.3) is 0 Å². The summed E-state index contributed by atoms with van der Waals surface area (Å²) >= 11 is 0. The van der Waals surface area contributed by atoms with Crippen LogP contribution in [-0.4, -0.2) is 64.9 Å². The van der Waals surface area contributed by atoms with E-state index in [4.69, 9.17) is 0 Å². The molecular weight excluding hydrogens is 515 g/mol. The van der Waals surface area contributed by atoms with Gasteiger partial charge >= 0.3 is 12.1 Å². The van der Waals surface area contributed by atoms with Crippen LogP contribution in [-0.2, 0) is 19.2 Å². The summed E-state index contributed by atoms with van der Waals surface area (Å²) in [6.07, 6.45) is 2.16. The molecule has 0 unspecified atom stereocenters. The summed E-state index contributed by atoms with van der Waals surface area (Å²) in [4.78, 5) is 52.9. The van der Waals surface area contributed by atoms with Crippen molar-refractivity contribution in [3.05, 3.63) is 0 Å². The van der Waals surface area contributed by atoms with Crippen molar-refractivity contribution in [3.8, 4) is 6.07 Å². The lowest BCUT2D eigenvalue weighted by Crippen LogP contribution is -2.59. The first-order valence-electron chi connectivity index (χ1n) is 13.8. The number of carbonyl (C=O) groups is 4. The lowest BCUT2D eigenvalue weighted by atomic mass is 9.72. The van der Waals surface area contributed by atoms with Crippen LogP contribution < -0.4 is 16.0 Å². The van der Waals surface area contributed by atoms with Crippen molar-refractivity contribution in [1.29, 1.82) is 5.26 Å². The molecule has 4 amide bonds. The van der Waals surface area contributed by atoms with Crippen LogP contribution in [0.25, 0.3) is 0 Å². The molecule has 12 heteroatoms. The van der Waals surface area contributed by atoms with Crippen LogP contribution >= 0.6 is 0 Å². The second kappa shape index (κ2) is 10.3. The second-order valence-corrected chi connectivity index (χ2v) is 13.1. The summed E-state index contributed by atoms with van der Waals surface area (Å²) in [6, 6.07) is -1.40. The Morgan fingerprint density at radius 3 is 2.23 bits per heavy atom. The van der Waals surface area contributed by atoms with E-state index < -0.39 is 53.4 Å². The fraction of sp³-hybridized carbons (Fsp3) is 0.815. The fourth-order valence-electron chi connectivity index (χ4n) is 6.56. The molecule has 4 rings (SSSR count). The standard InChI is InChI=1S/C27H38F3N5O4/c1-24(2,3)19(33-23(39)27(28,29)30)22(38)35-15-25(7-5-4-6-8-25)13-18(35)21(37)32-17(14-31)11-16-12-26(9-10-26)34-20(16)36/h16-19H,4-13,15H2,1-3H3,(H,32,37)(H,33,39)(H,34,36)/t16-,17+,18+,19-/m1/s1. The Bertz CT molecular complexity index is 1050. The predicted molar refractivity (Wildman–Crippen MR) is 133 cm³/mol. The molecule has 2 heterocycles. The van der Waals surface area contributed by atoms with Gasteiger partial charge in [0.2, 0.25) is 17.7 Å². The molecule has 0 aromatic carbocycles. The number of likely N-dealkylation sites (tertiary alicyclic amines) is 1. The molecule has 0 bridgehead atoms. The zero-order valence-corrected chi connectivity index (χ0v) is 22.7. The third-order valence-corrected chi connectivity index (χ3v) is 8.90. The molecule has 0 aromatic rings. The third-order valence-electron chi connectivity index (χ3n) is 8.90. The van der Waals surface area contributed by atoms with E-state index in [0.29, 0.717) is 12.8 Å². The normalized spacial score (nSPS) is 27.0. The first-order valence-corrected chi connectivity index (χ1v) is 13.8. The second-order valence-electron chi connectivity index (χ2n) is 13.1. The Labute approximate surface area is 226 Å². The molecule has 2 aliphatic carbocycles. The van der Waals surface area contributed by atoms with Gasteiger partial charge in [0.15, 0.2) is 0 Å². The summed E-state index contributed by atoms with van der Waals surface area (Å²) in [5.74, 6) is -4.05. The summed E-state index contributed by atoms with van der Waals surface area (Å²) in [5, 5.41) is 17.3. The first-order chi connectivity index (χ1) is 18.1. The van der Waals surface area contributed by atoms with E-state index in [1.165, 1.54) is 4.90 Å². The zero-order valence-electron chi connectivity index (χ0n) is 22.7. The number of amides is 4. The van der Waals surface area contributed by atoms with Gasteiger partial charge in [-0.25, -0.2) is 0 Å². The van der Waals surface area contributed by atoms with Crippen LogP contribution in [0.4, 0.5) is 13.2 Å². The highest BCUT2D eigenvalue weighted by atomic mass is 19.4. The SMILES string of the molecule is CC(C)(C)[C@H](NC(=O)C(F)(F)F)C(=O)N1CC2(CCCCC2)C[C@H]1C(=O)N[C@H](C#N)C[C@@H]1CC2(CC2)NC1=O. The van der Waals surface area contributed by atoms with Gasteiger partial charge in [-0.15, -0.1) is 0 Å². The summed E-state index contributed by atoms with van der Waals surface area (Å²) < 4.78 is 39.3. The highest BCUT2D eigenvalue weighted by Gasteiger charge is 2.54. The van der Waals surface area contributed by atoms with Crippen molar-refractivity contribution in [1.82, 2.24) is 20.9 Å². The molecular formula is C27H38F3N5O4. The summed E-state index contributed by atoms with van der Waals surface area (Å²) in [6.45, 7) is 4.86. The molecule has 9 nitrogen and oxygen atoms in total. The molecule has 0 radical (unpaired) electrons. The van der Waals surface area contributed by atoms with Gasteiger partial charge in [-0.05, 0) is 55.8 Å². The smallest absolute Gasteiger partial charge is 0.350 e. The number of carbonyl (C=O) groups excluding carboxylic acids is 4. The van der Waals surface area contributed by atoms with Crippen molar-refractivity contribution in [2.45, 2.75) is 115 Å². The minimum atomic E-state index is -5.16. The Kier molecular flexibility index (Phi) is 7.69. The number of nitrogens with one attached hydrogen (secondary N) is 3. The largest absolute Gasteiger partial charge is 0.471 e. The molecule has 2 aliphatic heterocycles. The van der Waals surface area contributed by atoms with Crippen LogP contribution in [0.5, 0.6) is 0 Å². The Morgan fingerprint density at radius 2 is 1.72 bits per heavy atom. The highest BCUT2D eigenvalue weighted by molar-refractivity contribution is 5.94. The first kappa shape index (κ1) is 29.2. The van der Waals surface area contributed by atoms with Crippen LogP contribution in [0.1, 0.15) is 85.0 Å². The maximum absolute atomic E-state index is 13.8. The van der Waals surface area contributed by atoms with E-state index in [2.05, 4.69) is 16.7 Å². The number of alkyl halides is 3. The van der Waals surface area contributed by atoms with Gasteiger partial charge < -0.3 is 20.9 Å². The molecule has 2 saturated carbocycles. The van der Waals surface area contributed by atoms with Gasteiger partial charge in [0.1, 0.15) is 18.1 Å². The van der Waals surface area contributed by atoms with E-state index in [0.717, 1.165) is 44.9 Å². The number of nitrogens with zero attached hydrogens (tertiary/aromatic N) is 2. The van der Waals surface area contributed by atoms with Crippen LogP contribution in [0.15, 0.2) is 0 Å². The number of hydrogen-bond acceptors (Lipinski definition) is 5. The average molecular weight is 554 g/mol. The van der Waals surface area contributed by atoms with Crippen molar-refractivity contribution >= 4 is 23.6 Å². The molecule has 39 heavy (non-hydrogen) atoms. The minimum absolute atomic E-state index is 0.130. The van der Waals surface area contributed by atoms with Crippen LogP contribution in [0.2, 0.25) is 0 Å². The quantitative estimate of drug-likeness (QED) is 0.466. The summed E-state index contributed by atoms with van der Waals surface area (Å²) in [7, 11) is 0. The Balaban J connectivity index is 1.53. The maximum Gasteiger partial charge on any atom is 0.471 e. The van der Waals surface area contributed by atoms with Crippen molar-refractivity contribution in [2.75, 3.05) is 6.54 Å². The van der Waals surface area contributed by atoms with E-state index in [-0.39, 0.29) is 29.8 Å². The average Bonchev–Trinajstić information content (AvgIpc) is 3.39. The maximum atomic E-state index is 13.8. The van der Waals surface area contributed by atoms with Crippen molar-refractivity contribution in [3.63, 3.8) is 0 Å². The molecule has 4 fully saturated rings. The molecule has 2 saturated heterocycles. The predicted octanol–water partition coefficient (Wildman–Crippen LogP) is 2.70. The van der Waals surface area contributed by atoms with Gasteiger partial charge in [-0.3, -0.25) is 19.2 Å².